The van der Waals surface area contributed by atoms with Crippen molar-refractivity contribution in [2.45, 2.75) is 25.5 Å². The van der Waals surface area contributed by atoms with Crippen LogP contribution in [0.15, 0.2) is 11.5 Å². The average Bonchev–Trinajstić information content (AvgIpc) is 1.87. The van der Waals surface area contributed by atoms with Crippen LogP contribution in [0.5, 0.6) is 0 Å². The van der Waals surface area contributed by atoms with Gasteiger partial charge in [0.2, 0.25) is 0 Å². The molecule has 0 saturated heterocycles. The molecule has 0 amide bonds. The van der Waals surface area contributed by atoms with Crippen LogP contribution in [0, 0.1) is 0 Å². The molecule has 0 bridgehead atoms. The Labute approximate surface area is 65.3 Å². The minimum atomic E-state index is -0.879. The molecule has 1 N–H and O–H groups in total. The highest BCUT2D eigenvalue weighted by Crippen LogP contribution is 2.13. The average molecular weight is 160 g/mol. The van der Waals surface area contributed by atoms with Crippen LogP contribution in [-0.2, 0) is 4.79 Å². The van der Waals surface area contributed by atoms with E-state index in [9.17, 15) is 4.79 Å². The van der Waals surface area contributed by atoms with Gasteiger partial charge < -0.3 is 5.11 Å². The maximum absolute atomic E-state index is 9.97. The third kappa shape index (κ3) is 5.69. The summed E-state index contributed by atoms with van der Waals surface area (Å²) in [6.45, 7) is 4.14. The highest BCUT2D eigenvalue weighted by molar-refractivity contribution is 8.02. The predicted octanol–water partition coefficient (Wildman–Crippen LogP) is 2.12. The van der Waals surface area contributed by atoms with Gasteiger partial charge in [-0.15, -0.1) is 11.8 Å². The minimum Gasteiger partial charge on any atom is -0.478 e. The second-order valence-electron chi connectivity index (χ2n) is 2.00. The fourth-order valence-electron chi connectivity index (χ4n) is 0.328. The molecule has 0 radical (unpaired) electrons. The van der Waals surface area contributed by atoms with E-state index in [-0.39, 0.29) is 0 Å². The van der Waals surface area contributed by atoms with Crippen molar-refractivity contribution in [1.82, 2.24) is 0 Å². The van der Waals surface area contributed by atoms with Crippen molar-refractivity contribution in [3.05, 3.63) is 11.5 Å². The van der Waals surface area contributed by atoms with E-state index in [1.54, 1.807) is 17.2 Å². The second kappa shape index (κ2) is 5.35. The van der Waals surface area contributed by atoms with E-state index in [1.807, 2.05) is 0 Å². The lowest BCUT2D eigenvalue weighted by molar-refractivity contribution is -0.131. The van der Waals surface area contributed by atoms with Crippen LogP contribution in [0.3, 0.4) is 0 Å². The van der Waals surface area contributed by atoms with Crippen LogP contribution < -0.4 is 0 Å². The van der Waals surface area contributed by atoms with Crippen molar-refractivity contribution in [2.75, 3.05) is 0 Å². The summed E-state index contributed by atoms with van der Waals surface area (Å²) in [5.74, 6) is -0.879. The van der Waals surface area contributed by atoms with Gasteiger partial charge in [-0.2, -0.15) is 0 Å². The molecule has 0 aromatic rings. The van der Waals surface area contributed by atoms with E-state index in [0.717, 1.165) is 12.5 Å². The number of thioether (sulfide) groups is 1. The first-order valence-corrected chi connectivity index (χ1v) is 4.16. The Morgan fingerprint density at radius 2 is 2.40 bits per heavy atom. The Hall–Kier alpha value is -0.440. The second-order valence-corrected chi connectivity index (χ2v) is 3.35. The van der Waals surface area contributed by atoms with Crippen molar-refractivity contribution in [3.63, 3.8) is 0 Å². The SMILES string of the molecule is CCC(C)S/C=C/C(=O)O. The summed E-state index contributed by atoms with van der Waals surface area (Å²) in [5.41, 5.74) is 0. The molecule has 0 heterocycles. The van der Waals surface area contributed by atoms with Crippen LogP contribution >= 0.6 is 11.8 Å². The van der Waals surface area contributed by atoms with E-state index >= 15 is 0 Å². The molecule has 3 heteroatoms. The Balaban J connectivity index is 3.43. The number of aliphatic carboxylic acids is 1. The molecule has 0 saturated carbocycles. The number of carboxylic acid groups (broad SMARTS) is 1. The van der Waals surface area contributed by atoms with Gasteiger partial charge in [-0.05, 0) is 11.8 Å². The summed E-state index contributed by atoms with van der Waals surface area (Å²) < 4.78 is 0. The molecule has 0 aliphatic carbocycles. The third-order valence-corrected chi connectivity index (χ3v) is 2.19. The maximum Gasteiger partial charge on any atom is 0.328 e. The van der Waals surface area contributed by atoms with Crippen LogP contribution in [0.1, 0.15) is 20.3 Å². The summed E-state index contributed by atoms with van der Waals surface area (Å²) in [6.07, 6.45) is 2.23. The monoisotopic (exact) mass is 160 g/mol. The lowest BCUT2D eigenvalue weighted by Gasteiger charge is -2.00. The topological polar surface area (TPSA) is 37.3 Å². The molecule has 0 aromatic carbocycles. The standard InChI is InChI=1S/C7H12O2S/c1-3-6(2)10-5-4-7(8)9/h4-6H,3H2,1-2H3,(H,8,9)/b5-4+. The molecule has 1 unspecified atom stereocenters. The van der Waals surface area contributed by atoms with E-state index in [0.29, 0.717) is 5.25 Å². The summed E-state index contributed by atoms with van der Waals surface area (Å²) >= 11 is 1.54. The molecule has 58 valence electrons. The Bertz CT molecular complexity index is 132. The summed E-state index contributed by atoms with van der Waals surface area (Å²) in [4.78, 5) is 9.97. The predicted molar refractivity (Wildman–Crippen MR) is 44.1 cm³/mol. The van der Waals surface area contributed by atoms with Gasteiger partial charge >= 0.3 is 5.97 Å². The number of carboxylic acids is 1. The first-order valence-electron chi connectivity index (χ1n) is 3.21. The van der Waals surface area contributed by atoms with Crippen LogP contribution in [0.2, 0.25) is 0 Å². The molecular formula is C7H12O2S. The summed E-state index contributed by atoms with van der Waals surface area (Å²) in [7, 11) is 0. The summed E-state index contributed by atoms with van der Waals surface area (Å²) in [5, 5.41) is 10.3. The number of rotatable bonds is 4. The van der Waals surface area contributed by atoms with Gasteiger partial charge in [0.05, 0.1) is 0 Å². The van der Waals surface area contributed by atoms with Crippen LogP contribution in [0.25, 0.3) is 0 Å². The lowest BCUT2D eigenvalue weighted by Crippen LogP contribution is -1.90. The lowest BCUT2D eigenvalue weighted by atomic mass is 10.4. The van der Waals surface area contributed by atoms with E-state index in [2.05, 4.69) is 13.8 Å². The van der Waals surface area contributed by atoms with Gasteiger partial charge in [-0.1, -0.05) is 13.8 Å². The molecule has 1 atom stereocenters. The van der Waals surface area contributed by atoms with Gasteiger partial charge in [0.15, 0.2) is 0 Å². The van der Waals surface area contributed by atoms with Crippen LogP contribution in [-0.4, -0.2) is 16.3 Å². The maximum atomic E-state index is 9.97. The molecule has 0 spiro atoms. The first kappa shape index (κ1) is 9.56. The van der Waals surface area contributed by atoms with Gasteiger partial charge in [0.1, 0.15) is 0 Å². The molecule has 0 aromatic heterocycles. The van der Waals surface area contributed by atoms with Gasteiger partial charge in [-0.3, -0.25) is 0 Å². The van der Waals surface area contributed by atoms with Crippen molar-refractivity contribution in [3.8, 4) is 0 Å². The fourth-order valence-corrected chi connectivity index (χ4v) is 0.984. The largest absolute Gasteiger partial charge is 0.478 e. The number of hydrogen-bond donors (Lipinski definition) is 1. The highest BCUT2D eigenvalue weighted by Gasteiger charge is 1.94. The Kier molecular flexibility index (Phi) is 5.12. The molecule has 10 heavy (non-hydrogen) atoms. The van der Waals surface area contributed by atoms with Crippen molar-refractivity contribution in [1.29, 1.82) is 0 Å². The molecule has 0 rings (SSSR count). The normalized spacial score (nSPS) is 13.8. The van der Waals surface area contributed by atoms with E-state index in [4.69, 9.17) is 5.11 Å². The number of carbonyl (C=O) groups is 1. The van der Waals surface area contributed by atoms with Crippen molar-refractivity contribution in [2.24, 2.45) is 0 Å². The molecular weight excluding hydrogens is 148 g/mol. The smallest absolute Gasteiger partial charge is 0.328 e. The van der Waals surface area contributed by atoms with Gasteiger partial charge in [0.25, 0.3) is 0 Å². The van der Waals surface area contributed by atoms with Gasteiger partial charge in [0, 0.05) is 11.3 Å². The van der Waals surface area contributed by atoms with E-state index in [1.165, 1.54) is 0 Å². The first-order chi connectivity index (χ1) is 4.66. The van der Waals surface area contributed by atoms with E-state index < -0.39 is 5.97 Å². The minimum absolute atomic E-state index is 0.510. The molecule has 2 nitrogen and oxygen atoms in total. The highest BCUT2D eigenvalue weighted by atomic mass is 32.2. The zero-order valence-electron chi connectivity index (χ0n) is 6.20. The quantitative estimate of drug-likeness (QED) is 0.640. The van der Waals surface area contributed by atoms with Crippen LogP contribution in [0.4, 0.5) is 0 Å². The zero-order valence-corrected chi connectivity index (χ0v) is 7.02. The molecule has 0 aliphatic rings. The van der Waals surface area contributed by atoms with Crippen molar-refractivity contribution < 1.29 is 9.90 Å². The van der Waals surface area contributed by atoms with Crippen molar-refractivity contribution >= 4 is 17.7 Å². The molecule has 0 aliphatic heterocycles. The Morgan fingerprint density at radius 3 is 2.80 bits per heavy atom. The third-order valence-electron chi connectivity index (χ3n) is 1.10. The summed E-state index contributed by atoms with van der Waals surface area (Å²) in [6, 6.07) is 0. The fraction of sp³-hybridized carbons (Fsp3) is 0.571. The van der Waals surface area contributed by atoms with Gasteiger partial charge in [-0.25, -0.2) is 4.79 Å². The number of hydrogen-bond acceptors (Lipinski definition) is 2. The Morgan fingerprint density at radius 1 is 1.80 bits per heavy atom. The molecule has 0 fully saturated rings. The zero-order chi connectivity index (χ0) is 7.98.